The van der Waals surface area contributed by atoms with Crippen molar-refractivity contribution in [2.24, 2.45) is 0 Å². The molecular weight excluding hydrogens is 378 g/mol. The molecule has 1 aliphatic heterocycles. The number of nitrogens with zero attached hydrogens (tertiary/aromatic N) is 3. The SMILES string of the molecule is Cc1[nH]ncc1-c1cc2c(s1)C(=O)NC(C)(C)N2Cc1cccc([N+](=O)[O-])c1. The van der Waals surface area contributed by atoms with Gasteiger partial charge in [-0.05, 0) is 32.4 Å². The molecule has 0 spiro atoms. The third-order valence-electron chi connectivity index (χ3n) is 4.86. The summed E-state index contributed by atoms with van der Waals surface area (Å²) in [6.07, 6.45) is 1.75. The highest BCUT2D eigenvalue weighted by Crippen LogP contribution is 2.42. The number of non-ortho nitro benzene ring substituents is 1. The summed E-state index contributed by atoms with van der Waals surface area (Å²) in [7, 11) is 0. The number of anilines is 1. The van der Waals surface area contributed by atoms with Crippen LogP contribution in [-0.4, -0.2) is 26.7 Å². The van der Waals surface area contributed by atoms with E-state index in [0.29, 0.717) is 11.4 Å². The lowest BCUT2D eigenvalue weighted by atomic mass is 10.0. The highest BCUT2D eigenvalue weighted by molar-refractivity contribution is 7.18. The Morgan fingerprint density at radius 2 is 2.11 bits per heavy atom. The van der Waals surface area contributed by atoms with Crippen molar-refractivity contribution in [3.63, 3.8) is 0 Å². The number of H-pyrrole nitrogens is 1. The van der Waals surface area contributed by atoms with Gasteiger partial charge in [0.05, 0.1) is 16.8 Å². The van der Waals surface area contributed by atoms with E-state index in [0.717, 1.165) is 27.4 Å². The maximum Gasteiger partial charge on any atom is 0.269 e. The fourth-order valence-electron chi connectivity index (χ4n) is 3.41. The summed E-state index contributed by atoms with van der Waals surface area (Å²) in [5, 5.41) is 21.1. The molecule has 0 saturated carbocycles. The Morgan fingerprint density at radius 1 is 1.32 bits per heavy atom. The number of hydrogen-bond donors (Lipinski definition) is 2. The minimum absolute atomic E-state index is 0.0524. The van der Waals surface area contributed by atoms with Crippen molar-refractivity contribution >= 4 is 28.6 Å². The zero-order valence-corrected chi connectivity index (χ0v) is 16.5. The Kier molecular flexibility index (Phi) is 4.19. The molecule has 1 aliphatic rings. The highest BCUT2D eigenvalue weighted by Gasteiger charge is 2.38. The number of nitro groups is 1. The van der Waals surface area contributed by atoms with E-state index < -0.39 is 10.6 Å². The molecule has 0 unspecified atom stereocenters. The van der Waals surface area contributed by atoms with E-state index in [9.17, 15) is 14.9 Å². The smallest absolute Gasteiger partial charge is 0.269 e. The zero-order chi connectivity index (χ0) is 20.1. The molecule has 0 bridgehead atoms. The topological polar surface area (TPSA) is 104 Å². The van der Waals surface area contributed by atoms with Gasteiger partial charge in [0.1, 0.15) is 10.5 Å². The highest BCUT2D eigenvalue weighted by atomic mass is 32.1. The van der Waals surface area contributed by atoms with Crippen LogP contribution >= 0.6 is 11.3 Å². The predicted octanol–water partition coefficient (Wildman–Crippen LogP) is 3.84. The van der Waals surface area contributed by atoms with Crippen molar-refractivity contribution in [3.8, 4) is 10.4 Å². The van der Waals surface area contributed by atoms with Crippen molar-refractivity contribution < 1.29 is 9.72 Å². The number of amides is 1. The number of nitro benzene ring substituents is 1. The van der Waals surface area contributed by atoms with E-state index >= 15 is 0 Å². The van der Waals surface area contributed by atoms with Crippen LogP contribution in [0.4, 0.5) is 11.4 Å². The first-order chi connectivity index (χ1) is 13.3. The number of thiophene rings is 1. The van der Waals surface area contributed by atoms with Crippen molar-refractivity contribution in [1.29, 1.82) is 0 Å². The van der Waals surface area contributed by atoms with Crippen LogP contribution in [0, 0.1) is 17.0 Å². The number of hydrogen-bond acceptors (Lipinski definition) is 6. The van der Waals surface area contributed by atoms with Crippen LogP contribution < -0.4 is 10.2 Å². The van der Waals surface area contributed by atoms with Crippen LogP contribution in [0.25, 0.3) is 10.4 Å². The van der Waals surface area contributed by atoms with Gasteiger partial charge in [-0.25, -0.2) is 0 Å². The fraction of sp³-hybridized carbons (Fsp3) is 0.263. The summed E-state index contributed by atoms with van der Waals surface area (Å²) in [5.41, 5.74) is 2.93. The lowest BCUT2D eigenvalue weighted by Crippen LogP contribution is -2.59. The van der Waals surface area contributed by atoms with Crippen LogP contribution in [-0.2, 0) is 6.54 Å². The van der Waals surface area contributed by atoms with Gasteiger partial charge in [-0.2, -0.15) is 5.10 Å². The second-order valence-corrected chi connectivity index (χ2v) is 8.31. The Labute approximate surface area is 165 Å². The van der Waals surface area contributed by atoms with Gasteiger partial charge in [0.15, 0.2) is 0 Å². The Balaban J connectivity index is 1.77. The minimum atomic E-state index is -0.640. The molecule has 4 rings (SSSR count). The maximum absolute atomic E-state index is 12.7. The molecule has 3 heterocycles. The molecule has 1 aromatic carbocycles. The van der Waals surface area contributed by atoms with E-state index in [1.807, 2.05) is 32.9 Å². The number of aromatic nitrogens is 2. The molecule has 0 aliphatic carbocycles. The molecule has 2 aromatic heterocycles. The lowest BCUT2D eigenvalue weighted by molar-refractivity contribution is -0.384. The summed E-state index contributed by atoms with van der Waals surface area (Å²) in [4.78, 5) is 27.0. The van der Waals surface area contributed by atoms with E-state index in [1.54, 1.807) is 18.3 Å². The third kappa shape index (κ3) is 3.03. The van der Waals surface area contributed by atoms with Gasteiger partial charge in [-0.1, -0.05) is 12.1 Å². The van der Waals surface area contributed by atoms with E-state index in [2.05, 4.69) is 20.4 Å². The first kappa shape index (κ1) is 18.2. The molecule has 9 heteroatoms. The van der Waals surface area contributed by atoms with Crippen LogP contribution in [0.1, 0.15) is 34.8 Å². The standard InChI is InChI=1S/C19H19N5O3S/c1-11-14(9-20-22-11)16-8-15-17(28-16)18(25)21-19(2,3)23(15)10-12-5-4-6-13(7-12)24(26)27/h4-9H,10H2,1-3H3,(H,20,22)(H,21,25). The van der Waals surface area contributed by atoms with Crippen LogP contribution in [0.3, 0.4) is 0 Å². The molecule has 0 saturated heterocycles. The first-order valence-electron chi connectivity index (χ1n) is 8.74. The monoisotopic (exact) mass is 397 g/mol. The molecular formula is C19H19N5O3S. The Bertz CT molecular complexity index is 1080. The van der Waals surface area contributed by atoms with E-state index in [1.165, 1.54) is 17.4 Å². The quantitative estimate of drug-likeness (QED) is 0.514. The number of nitrogens with one attached hydrogen (secondary N) is 2. The molecule has 2 N–H and O–H groups in total. The molecule has 144 valence electrons. The number of carbonyl (C=O) groups is 1. The Hall–Kier alpha value is -3.20. The molecule has 0 radical (unpaired) electrons. The van der Waals surface area contributed by atoms with E-state index in [4.69, 9.17) is 0 Å². The van der Waals surface area contributed by atoms with Crippen molar-refractivity contribution in [2.75, 3.05) is 4.90 Å². The van der Waals surface area contributed by atoms with Crippen LogP contribution in [0.5, 0.6) is 0 Å². The number of aromatic amines is 1. The van der Waals surface area contributed by atoms with Gasteiger partial charge in [0, 0.05) is 34.8 Å². The van der Waals surface area contributed by atoms with Crippen LogP contribution in [0.15, 0.2) is 36.5 Å². The number of benzene rings is 1. The summed E-state index contributed by atoms with van der Waals surface area (Å²) < 4.78 is 0. The van der Waals surface area contributed by atoms with Gasteiger partial charge in [0.25, 0.3) is 11.6 Å². The molecule has 0 fully saturated rings. The minimum Gasteiger partial charge on any atom is -0.343 e. The van der Waals surface area contributed by atoms with Gasteiger partial charge < -0.3 is 10.2 Å². The molecule has 28 heavy (non-hydrogen) atoms. The lowest BCUT2D eigenvalue weighted by Gasteiger charge is -2.44. The largest absolute Gasteiger partial charge is 0.343 e. The summed E-state index contributed by atoms with van der Waals surface area (Å²) in [6, 6.07) is 8.57. The van der Waals surface area contributed by atoms with Crippen LogP contribution in [0.2, 0.25) is 0 Å². The van der Waals surface area contributed by atoms with E-state index in [-0.39, 0.29) is 11.6 Å². The third-order valence-corrected chi connectivity index (χ3v) is 6.02. The summed E-state index contributed by atoms with van der Waals surface area (Å²) in [6.45, 7) is 6.21. The summed E-state index contributed by atoms with van der Waals surface area (Å²) >= 11 is 1.42. The van der Waals surface area contributed by atoms with Crippen molar-refractivity contribution in [3.05, 3.63) is 62.8 Å². The normalized spacial score (nSPS) is 15.2. The molecule has 1 amide bonds. The second-order valence-electron chi connectivity index (χ2n) is 7.26. The van der Waals surface area contributed by atoms with Crippen molar-refractivity contribution in [1.82, 2.24) is 15.5 Å². The predicted molar refractivity (Wildman–Crippen MR) is 107 cm³/mol. The first-order valence-corrected chi connectivity index (χ1v) is 9.55. The molecule has 3 aromatic rings. The average Bonchev–Trinajstić information content (AvgIpc) is 3.24. The maximum atomic E-state index is 12.7. The fourth-order valence-corrected chi connectivity index (χ4v) is 4.54. The number of fused-ring (bicyclic) bond motifs is 1. The van der Waals surface area contributed by atoms with Gasteiger partial charge in [0.2, 0.25) is 0 Å². The van der Waals surface area contributed by atoms with Gasteiger partial charge >= 0.3 is 0 Å². The van der Waals surface area contributed by atoms with Gasteiger partial charge in [-0.15, -0.1) is 11.3 Å². The van der Waals surface area contributed by atoms with Gasteiger partial charge in [-0.3, -0.25) is 20.0 Å². The number of carbonyl (C=O) groups excluding carboxylic acids is 1. The second kappa shape index (κ2) is 6.45. The average molecular weight is 397 g/mol. The number of aryl methyl sites for hydroxylation is 1. The summed E-state index contributed by atoms with van der Waals surface area (Å²) in [5.74, 6) is -0.118. The Morgan fingerprint density at radius 3 is 2.79 bits per heavy atom. The molecule has 0 atom stereocenters. The molecule has 8 nitrogen and oxygen atoms in total. The zero-order valence-electron chi connectivity index (χ0n) is 15.6. The number of rotatable bonds is 4. The van der Waals surface area contributed by atoms with Crippen molar-refractivity contribution in [2.45, 2.75) is 33.0 Å².